The van der Waals surface area contributed by atoms with Gasteiger partial charge in [0.15, 0.2) is 6.10 Å². The molecule has 0 heterocycles. The number of hydrogen-bond donors (Lipinski definition) is 6. The van der Waals surface area contributed by atoms with Crippen LogP contribution in [0.4, 0.5) is 0 Å². The smallest absolute Gasteiger partial charge is 0.462 e. The predicted octanol–water partition coefficient (Wildman–Crippen LogP) is 10.8. The quantitative estimate of drug-likeness (QED) is 0.0191. The summed E-state index contributed by atoms with van der Waals surface area (Å²) in [6.45, 7) is 3.34. The van der Waals surface area contributed by atoms with E-state index in [0.717, 1.165) is 38.5 Å². The van der Waals surface area contributed by atoms with Crippen molar-refractivity contribution in [1.29, 1.82) is 0 Å². The molecule has 0 aromatic rings. The molecule has 0 aliphatic heterocycles. The van der Waals surface area contributed by atoms with Crippen molar-refractivity contribution >= 4 is 19.8 Å². The maximum absolute atomic E-state index is 12.8. The fourth-order valence-corrected chi connectivity index (χ4v) is 9.26. The van der Waals surface area contributed by atoms with E-state index in [1.54, 1.807) is 0 Å². The number of phosphoric ester groups is 1. The summed E-state index contributed by atoms with van der Waals surface area (Å²) < 4.78 is 33.6. The number of phosphoric acid groups is 1. The Morgan fingerprint density at radius 3 is 1.05 bits per heavy atom. The van der Waals surface area contributed by atoms with Gasteiger partial charge in [0.05, 0.1) is 6.61 Å². The van der Waals surface area contributed by atoms with Gasteiger partial charge in [0, 0.05) is 12.8 Å². The van der Waals surface area contributed by atoms with Crippen LogP contribution in [0.5, 0.6) is 0 Å². The lowest BCUT2D eigenvalue weighted by Crippen LogP contribution is -2.64. The summed E-state index contributed by atoms with van der Waals surface area (Å²) >= 11 is 0. The Morgan fingerprint density at radius 2 is 0.714 bits per heavy atom. The van der Waals surface area contributed by atoms with Crippen LogP contribution in [-0.4, -0.2) is 98.3 Å². The minimum Gasteiger partial charge on any atom is -0.462 e. The largest absolute Gasteiger partial charge is 0.472 e. The highest BCUT2D eigenvalue weighted by atomic mass is 31.2. The summed E-state index contributed by atoms with van der Waals surface area (Å²) in [6, 6.07) is 0. The summed E-state index contributed by atoms with van der Waals surface area (Å²) in [4.78, 5) is 35.8. The topological polar surface area (TPSA) is 210 Å². The molecule has 1 saturated carbocycles. The molecule has 6 N–H and O–H groups in total. The summed E-state index contributed by atoms with van der Waals surface area (Å²) in [6.07, 6.45) is 28.7. The van der Waals surface area contributed by atoms with Crippen LogP contribution in [-0.2, 0) is 32.7 Å². The Bertz CT molecular complexity index is 1110. The van der Waals surface area contributed by atoms with Gasteiger partial charge in [-0.25, -0.2) is 4.57 Å². The zero-order chi connectivity index (χ0) is 46.4. The third-order valence-electron chi connectivity index (χ3n) is 12.4. The zero-order valence-electron chi connectivity index (χ0n) is 39.9. The number of aliphatic hydroxyl groups excluding tert-OH is 5. The minimum absolute atomic E-state index is 0.105. The first kappa shape index (κ1) is 59.9. The Morgan fingerprint density at radius 1 is 0.429 bits per heavy atom. The summed E-state index contributed by atoms with van der Waals surface area (Å²) in [5, 5.41) is 50.2. The number of esters is 2. The van der Waals surface area contributed by atoms with E-state index in [9.17, 15) is 44.6 Å². The van der Waals surface area contributed by atoms with E-state index in [1.807, 2.05) is 0 Å². The van der Waals surface area contributed by atoms with Gasteiger partial charge in [-0.15, -0.1) is 0 Å². The standard InChI is InChI=1S/C49H95O13P/c1-3-5-7-9-11-13-15-17-19-20-21-22-23-24-26-27-29-31-33-35-37-42(50)59-39-41(40-60-63(57,58)62-49-47(55)45(53)44(52)46(54)48(49)56)61-43(51)38-36-34-32-30-28-25-18-16-14-12-10-8-6-4-2/h41,44-49,52-56H,3-40H2,1-2H3,(H,57,58)/t41-,44?,45-,46?,47?,48?,49?/m0/s1. The third kappa shape index (κ3) is 32.2. The van der Waals surface area contributed by atoms with E-state index < -0.39 is 75.7 Å². The molecule has 0 saturated heterocycles. The van der Waals surface area contributed by atoms with Crippen LogP contribution in [0.15, 0.2) is 0 Å². The first-order chi connectivity index (χ1) is 30.4. The average Bonchev–Trinajstić information content (AvgIpc) is 3.26. The first-order valence-corrected chi connectivity index (χ1v) is 27.3. The average molecular weight is 923 g/mol. The van der Waals surface area contributed by atoms with Gasteiger partial charge in [-0.1, -0.05) is 219 Å². The van der Waals surface area contributed by atoms with Crippen LogP contribution in [0.25, 0.3) is 0 Å². The molecule has 0 aromatic carbocycles. The van der Waals surface area contributed by atoms with E-state index in [1.165, 1.54) is 167 Å². The first-order valence-electron chi connectivity index (χ1n) is 25.8. The van der Waals surface area contributed by atoms with Gasteiger partial charge in [0.25, 0.3) is 0 Å². The van der Waals surface area contributed by atoms with Gasteiger partial charge in [0.2, 0.25) is 0 Å². The lowest BCUT2D eigenvalue weighted by Gasteiger charge is -2.41. The highest BCUT2D eigenvalue weighted by Crippen LogP contribution is 2.47. The van der Waals surface area contributed by atoms with Crippen molar-refractivity contribution in [3.8, 4) is 0 Å². The van der Waals surface area contributed by atoms with E-state index in [-0.39, 0.29) is 12.8 Å². The molecule has 1 fully saturated rings. The Balaban J connectivity index is 2.36. The Hall–Kier alpha value is -1.15. The van der Waals surface area contributed by atoms with Crippen molar-refractivity contribution in [3.63, 3.8) is 0 Å². The van der Waals surface area contributed by atoms with Crippen LogP contribution < -0.4 is 0 Å². The highest BCUT2D eigenvalue weighted by Gasteiger charge is 2.51. The van der Waals surface area contributed by atoms with Crippen molar-refractivity contribution in [2.45, 2.75) is 288 Å². The summed E-state index contributed by atoms with van der Waals surface area (Å²) in [5.41, 5.74) is 0. The van der Waals surface area contributed by atoms with Crippen LogP contribution >= 0.6 is 7.82 Å². The summed E-state index contributed by atoms with van der Waals surface area (Å²) in [5.74, 6) is -1.08. The SMILES string of the molecule is CCCCCCCCCCCCCCCCCCCCCCC(=O)OC[C@@H](COP(=O)(O)OC1C(O)C(O)C(O)[C@H](O)C1O)OC(=O)CCCCCCCCCCCCCCCC. The molecular weight excluding hydrogens is 827 g/mol. The molecule has 0 radical (unpaired) electrons. The van der Waals surface area contributed by atoms with E-state index >= 15 is 0 Å². The number of unbranched alkanes of at least 4 members (excludes halogenated alkanes) is 32. The molecule has 374 valence electrons. The Labute approximate surface area is 382 Å². The van der Waals surface area contributed by atoms with Crippen molar-refractivity contribution in [1.82, 2.24) is 0 Å². The van der Waals surface area contributed by atoms with Crippen molar-refractivity contribution in [2.75, 3.05) is 13.2 Å². The van der Waals surface area contributed by atoms with Crippen LogP contribution in [0.1, 0.15) is 245 Å². The second-order valence-corrected chi connectivity index (χ2v) is 19.8. The molecule has 0 aromatic heterocycles. The molecule has 14 heteroatoms. The fourth-order valence-electron chi connectivity index (χ4n) is 8.29. The second-order valence-electron chi connectivity index (χ2n) is 18.4. The molecule has 6 unspecified atom stereocenters. The van der Waals surface area contributed by atoms with Gasteiger partial charge in [-0.3, -0.25) is 18.6 Å². The van der Waals surface area contributed by atoms with Gasteiger partial charge >= 0.3 is 19.8 Å². The number of carbonyl (C=O) groups is 2. The van der Waals surface area contributed by atoms with Crippen molar-refractivity contribution < 1.29 is 63.1 Å². The van der Waals surface area contributed by atoms with Crippen LogP contribution in [0, 0.1) is 0 Å². The highest BCUT2D eigenvalue weighted by molar-refractivity contribution is 7.47. The van der Waals surface area contributed by atoms with Crippen molar-refractivity contribution in [2.24, 2.45) is 0 Å². The van der Waals surface area contributed by atoms with E-state index in [4.69, 9.17) is 18.5 Å². The van der Waals surface area contributed by atoms with E-state index in [0.29, 0.717) is 12.8 Å². The van der Waals surface area contributed by atoms with Gasteiger partial charge in [-0.05, 0) is 12.8 Å². The Kier molecular flexibility index (Phi) is 38.0. The molecule has 1 rings (SSSR count). The molecule has 0 spiro atoms. The molecule has 13 nitrogen and oxygen atoms in total. The molecule has 8 atom stereocenters. The van der Waals surface area contributed by atoms with Crippen molar-refractivity contribution in [3.05, 3.63) is 0 Å². The molecule has 0 amide bonds. The number of carbonyl (C=O) groups excluding carboxylic acids is 2. The monoisotopic (exact) mass is 923 g/mol. The minimum atomic E-state index is -5.11. The number of hydrogen-bond acceptors (Lipinski definition) is 12. The normalized spacial score (nSPS) is 21.6. The van der Waals surface area contributed by atoms with Gasteiger partial charge < -0.3 is 39.9 Å². The van der Waals surface area contributed by atoms with E-state index in [2.05, 4.69) is 13.8 Å². The fraction of sp³-hybridized carbons (Fsp3) is 0.959. The lowest BCUT2D eigenvalue weighted by molar-refractivity contribution is -0.220. The number of aliphatic hydroxyl groups is 5. The molecule has 1 aliphatic carbocycles. The molecule has 0 bridgehead atoms. The maximum Gasteiger partial charge on any atom is 0.472 e. The zero-order valence-corrected chi connectivity index (χ0v) is 40.8. The molecular formula is C49H95O13P. The molecule has 63 heavy (non-hydrogen) atoms. The van der Waals surface area contributed by atoms with Gasteiger partial charge in [0.1, 0.15) is 43.2 Å². The predicted molar refractivity (Wildman–Crippen MR) is 249 cm³/mol. The second kappa shape index (κ2) is 40.0. The molecule has 1 aliphatic rings. The van der Waals surface area contributed by atoms with Gasteiger partial charge in [-0.2, -0.15) is 0 Å². The maximum atomic E-state index is 12.8. The van der Waals surface area contributed by atoms with Crippen LogP contribution in [0.3, 0.4) is 0 Å². The summed E-state index contributed by atoms with van der Waals surface area (Å²) in [7, 11) is -5.11. The number of ether oxygens (including phenoxy) is 2. The lowest BCUT2D eigenvalue weighted by atomic mass is 9.85. The third-order valence-corrected chi connectivity index (χ3v) is 13.4. The van der Waals surface area contributed by atoms with Crippen LogP contribution in [0.2, 0.25) is 0 Å². The number of rotatable bonds is 44.